The minimum Gasteiger partial charge on any atom is -0.457 e. The lowest BCUT2D eigenvalue weighted by molar-refractivity contribution is -0.138. The topological polar surface area (TPSA) is 136 Å². The standard InChI is InChI=1S/C29H28O2.C28H23F3O2.C26H22O4S.C15H15NO.C15H14O.C12H12/c1-21-5-13-25(14-6-21)30-27-17-9-23(10-18-27)29(3,4)24-11-19-28(20-12-24)31-26-15-7-22(2)8-16-26;1-18-4-14-26(20(3)16-18)32-23-10-6-21(7-11-23)22-8-12-24(13-9-22)33-27-15-5-19(2)17-25(27)28(29,30)31;1-19-3-7-21(8-4-19)29-23-11-15-25(16-12-23)31(27,28)26-17-13-24(14-18-26)30-22-9-5-20(2)6-10-22;1-11-3-7-13(8-4-11)15(17)16-14-9-5-12(2)6-10-14;1-11-3-7-13(8-4-11)15(16)14-9-5-12(2)6-10-14;1-9-3-5-11-6-4-10(2)8-12(11)7-9/h5-20H,1-4H3;4-17H,1-3H3;3-18H,1-2H3;3-10H,1-2H3,(H,16,17);3-10H,1-2H3;3-8H,1-2H3. The van der Waals surface area contributed by atoms with Crippen molar-refractivity contribution in [3.8, 4) is 80.1 Å². The number of alkyl halides is 3. The van der Waals surface area contributed by atoms with E-state index in [-0.39, 0.29) is 32.6 Å². The molecule has 0 spiro atoms. The van der Waals surface area contributed by atoms with Gasteiger partial charge in [0.05, 0.1) is 15.4 Å². The predicted molar refractivity (Wildman–Crippen MR) is 562 cm³/mol. The van der Waals surface area contributed by atoms with Crippen LogP contribution in [0.15, 0.2) is 422 Å². The molecule has 18 aromatic rings. The summed E-state index contributed by atoms with van der Waals surface area (Å²) in [5.41, 5.74) is 21.2. The van der Waals surface area contributed by atoms with Crippen LogP contribution in [-0.4, -0.2) is 20.1 Å². The van der Waals surface area contributed by atoms with Gasteiger partial charge in [-0.25, -0.2) is 8.42 Å². The Bertz CT molecular complexity index is 6990. The molecule has 0 bridgehead atoms. The van der Waals surface area contributed by atoms with Crippen LogP contribution < -0.4 is 33.7 Å². The van der Waals surface area contributed by atoms with Crippen LogP contribution in [0.3, 0.4) is 0 Å². The van der Waals surface area contributed by atoms with E-state index in [2.05, 4.69) is 138 Å². The molecule has 0 aliphatic heterocycles. The lowest BCUT2D eigenvalue weighted by Gasteiger charge is -2.26. The summed E-state index contributed by atoms with van der Waals surface area (Å²) in [6.45, 7) is 30.6. The van der Waals surface area contributed by atoms with Crippen LogP contribution >= 0.6 is 0 Å². The number of nitrogens with one attached hydrogen (secondary N) is 1. The summed E-state index contributed by atoms with van der Waals surface area (Å²) in [4.78, 5) is 24.4. The maximum absolute atomic E-state index is 13.3. The zero-order chi connectivity index (χ0) is 99.6. The number of hydrogen-bond acceptors (Lipinski definition) is 10. The molecule has 0 radical (unpaired) electrons. The average molecular weight is 1880 g/mol. The Balaban J connectivity index is 0.000000146. The first-order valence-corrected chi connectivity index (χ1v) is 47.6. The van der Waals surface area contributed by atoms with Crippen molar-refractivity contribution in [2.45, 2.75) is 125 Å². The van der Waals surface area contributed by atoms with Gasteiger partial charge in [0.25, 0.3) is 5.91 Å². The third kappa shape index (κ3) is 29.5. The highest BCUT2D eigenvalue weighted by Crippen LogP contribution is 2.41. The average Bonchev–Trinajstić information content (AvgIpc) is 0.796. The largest absolute Gasteiger partial charge is 0.457 e. The van der Waals surface area contributed by atoms with Gasteiger partial charge in [0.2, 0.25) is 9.84 Å². The molecule has 0 unspecified atom stereocenters. The Labute approximate surface area is 821 Å². The van der Waals surface area contributed by atoms with E-state index < -0.39 is 21.6 Å². The summed E-state index contributed by atoms with van der Waals surface area (Å²) in [7, 11) is -3.64. The summed E-state index contributed by atoms with van der Waals surface area (Å²) in [6, 6.07) is 129. The first-order chi connectivity index (χ1) is 67.0. The molecular formula is C125H114F3NO10S. The Kier molecular flexibility index (Phi) is 34.1. The van der Waals surface area contributed by atoms with Crippen molar-refractivity contribution in [1.29, 1.82) is 0 Å². The van der Waals surface area contributed by atoms with Gasteiger partial charge in [0.1, 0.15) is 69.0 Å². The Morgan fingerprint density at radius 1 is 0.250 bits per heavy atom. The van der Waals surface area contributed by atoms with Crippen molar-refractivity contribution in [3.05, 3.63) is 518 Å². The third-order valence-electron chi connectivity index (χ3n) is 23.1. The highest BCUT2D eigenvalue weighted by Gasteiger charge is 2.35. The predicted octanol–water partition coefficient (Wildman–Crippen LogP) is 34.4. The molecule has 1 amide bonds. The molecule has 706 valence electrons. The fourth-order valence-electron chi connectivity index (χ4n) is 14.7. The van der Waals surface area contributed by atoms with Gasteiger partial charge in [-0.05, 0) is 317 Å². The van der Waals surface area contributed by atoms with Gasteiger partial charge >= 0.3 is 6.18 Å². The Hall–Kier alpha value is -16.1. The lowest BCUT2D eigenvalue weighted by Crippen LogP contribution is -2.18. The van der Waals surface area contributed by atoms with Gasteiger partial charge in [-0.3, -0.25) is 9.59 Å². The second kappa shape index (κ2) is 47.1. The minimum atomic E-state index is -4.48. The van der Waals surface area contributed by atoms with E-state index in [0.717, 1.165) is 90.8 Å². The van der Waals surface area contributed by atoms with Crippen molar-refractivity contribution >= 4 is 38.0 Å². The number of ketones is 1. The number of rotatable bonds is 21. The number of amides is 1. The van der Waals surface area contributed by atoms with Crippen molar-refractivity contribution in [3.63, 3.8) is 0 Å². The molecule has 0 aliphatic rings. The monoisotopic (exact) mass is 1880 g/mol. The zero-order valence-corrected chi connectivity index (χ0v) is 82.2. The number of hydrogen-bond donors (Lipinski definition) is 1. The maximum atomic E-state index is 13.3. The first-order valence-electron chi connectivity index (χ1n) is 46.1. The van der Waals surface area contributed by atoms with E-state index in [0.29, 0.717) is 39.9 Å². The van der Waals surface area contributed by atoms with Crippen molar-refractivity contribution in [1.82, 2.24) is 0 Å². The number of ether oxygens (including phenoxy) is 6. The number of aryl methyl sites for hydroxylation is 13. The van der Waals surface area contributed by atoms with Crippen LogP contribution in [0.1, 0.15) is 129 Å². The fraction of sp³-hybridized carbons (Fsp3) is 0.136. The Morgan fingerprint density at radius 2 is 0.500 bits per heavy atom. The van der Waals surface area contributed by atoms with Gasteiger partial charge in [-0.1, -0.05) is 305 Å². The molecule has 18 aromatic carbocycles. The number of carbonyl (C=O) groups excluding carboxylic acids is 2. The molecule has 0 aromatic heterocycles. The number of sulfone groups is 1. The molecule has 0 saturated heterocycles. The van der Waals surface area contributed by atoms with E-state index in [1.54, 1.807) is 73.7 Å². The summed E-state index contributed by atoms with van der Waals surface area (Å²) >= 11 is 0. The zero-order valence-electron chi connectivity index (χ0n) is 81.4. The number of benzene rings is 18. The van der Waals surface area contributed by atoms with Crippen LogP contribution in [0, 0.1) is 90.0 Å². The minimum absolute atomic E-state index is 0.0751. The molecule has 0 aliphatic carbocycles. The van der Waals surface area contributed by atoms with Crippen LogP contribution in [0.2, 0.25) is 0 Å². The van der Waals surface area contributed by atoms with Crippen LogP contribution in [0.5, 0.6) is 69.0 Å². The molecule has 0 saturated carbocycles. The Morgan fingerprint density at radius 3 is 0.829 bits per heavy atom. The van der Waals surface area contributed by atoms with Gasteiger partial charge in [-0.2, -0.15) is 13.2 Å². The molecule has 140 heavy (non-hydrogen) atoms. The van der Waals surface area contributed by atoms with Crippen molar-refractivity contribution in [2.75, 3.05) is 5.32 Å². The number of anilines is 1. The highest BCUT2D eigenvalue weighted by molar-refractivity contribution is 7.91. The SMILES string of the molecule is Cc1ccc(C(=O)c2ccc(C)cc2)cc1.Cc1ccc(NC(=O)c2ccc(C)cc2)cc1.Cc1ccc(Oc2ccc(-c3ccc(Oc4ccc(C)cc4C(F)(F)F)cc3)cc2)c(C)c1.Cc1ccc(Oc2ccc(C(C)(C)c3ccc(Oc4ccc(C)cc4)cc3)cc2)cc1.Cc1ccc(Oc2ccc(S(=O)(=O)c3ccc(Oc4ccc(C)cc4)cc3)cc2)cc1.Cc1ccc2ccc(C)cc2c1. The van der Waals surface area contributed by atoms with Crippen molar-refractivity contribution in [2.24, 2.45) is 0 Å². The fourth-order valence-corrected chi connectivity index (χ4v) is 15.9. The summed E-state index contributed by atoms with van der Waals surface area (Å²) in [6.07, 6.45) is -4.48. The van der Waals surface area contributed by atoms with E-state index in [4.69, 9.17) is 28.4 Å². The molecule has 18 rings (SSSR count). The van der Waals surface area contributed by atoms with Gasteiger partial charge in [-0.15, -0.1) is 0 Å². The molecule has 11 nitrogen and oxygen atoms in total. The number of fused-ring (bicyclic) bond motifs is 1. The third-order valence-corrected chi connectivity index (χ3v) is 24.9. The summed E-state index contributed by atoms with van der Waals surface area (Å²) < 4.78 is 101. The second-order valence-corrected chi connectivity index (χ2v) is 37.4. The van der Waals surface area contributed by atoms with E-state index in [1.807, 2.05) is 298 Å². The molecule has 0 heterocycles. The summed E-state index contributed by atoms with van der Waals surface area (Å²) in [5, 5.41) is 5.53. The summed E-state index contributed by atoms with van der Waals surface area (Å²) in [5.74, 6) is 7.59. The quantitative estimate of drug-likeness (QED) is 0.0693. The molecule has 15 heteroatoms. The first kappa shape index (κ1) is 101. The van der Waals surface area contributed by atoms with E-state index in [1.165, 1.54) is 72.5 Å². The maximum Gasteiger partial charge on any atom is 0.419 e. The van der Waals surface area contributed by atoms with Crippen LogP contribution in [0.4, 0.5) is 18.9 Å². The van der Waals surface area contributed by atoms with Crippen LogP contribution in [0.25, 0.3) is 21.9 Å². The van der Waals surface area contributed by atoms with Gasteiger partial charge < -0.3 is 33.7 Å². The highest BCUT2D eigenvalue weighted by atomic mass is 32.2. The molecule has 0 fully saturated rings. The van der Waals surface area contributed by atoms with E-state index >= 15 is 0 Å². The molecule has 1 N–H and O–H groups in total. The number of carbonyl (C=O) groups is 2. The van der Waals surface area contributed by atoms with Gasteiger partial charge in [0, 0.05) is 27.8 Å². The second-order valence-electron chi connectivity index (χ2n) is 35.4. The lowest BCUT2D eigenvalue weighted by atomic mass is 9.78. The molecular weight excluding hydrogens is 1760 g/mol. The van der Waals surface area contributed by atoms with E-state index in [9.17, 15) is 31.2 Å². The number of halogens is 3. The smallest absolute Gasteiger partial charge is 0.419 e. The van der Waals surface area contributed by atoms with Crippen molar-refractivity contribution < 1.29 is 59.6 Å². The van der Waals surface area contributed by atoms with Gasteiger partial charge in [0.15, 0.2) is 5.78 Å². The normalized spacial score (nSPS) is 10.9. The van der Waals surface area contributed by atoms with Crippen LogP contribution in [-0.2, 0) is 21.4 Å². The molecule has 0 atom stereocenters.